The number of nitriles is 1. The van der Waals surface area contributed by atoms with Crippen LogP contribution < -0.4 is 10.2 Å². The van der Waals surface area contributed by atoms with Crippen LogP contribution in [0.3, 0.4) is 0 Å². The van der Waals surface area contributed by atoms with Gasteiger partial charge in [0.25, 0.3) is 0 Å². The number of rotatable bonds is 2. The van der Waals surface area contributed by atoms with Gasteiger partial charge in [-0.15, -0.1) is 0 Å². The molecule has 1 aliphatic rings. The lowest BCUT2D eigenvalue weighted by atomic mass is 10.2. The molecule has 118 valence electrons. The summed E-state index contributed by atoms with van der Waals surface area (Å²) in [7, 11) is 0. The van der Waals surface area contributed by atoms with Crippen molar-refractivity contribution in [3.05, 3.63) is 29.6 Å². The Bertz CT molecular complexity index is 604. The zero-order valence-corrected chi connectivity index (χ0v) is 13.0. The lowest BCUT2D eigenvalue weighted by Gasteiger charge is -2.22. The summed E-state index contributed by atoms with van der Waals surface area (Å²) in [4.78, 5) is 13.6. The van der Waals surface area contributed by atoms with Gasteiger partial charge in [-0.3, -0.25) is 0 Å². The molecule has 5 nitrogen and oxygen atoms in total. The van der Waals surface area contributed by atoms with Gasteiger partial charge >= 0.3 is 6.09 Å². The highest BCUT2D eigenvalue weighted by atomic mass is 19.1. The van der Waals surface area contributed by atoms with Crippen LogP contribution in [0.15, 0.2) is 18.2 Å². The molecule has 0 radical (unpaired) electrons. The molecule has 1 aromatic rings. The first kappa shape index (κ1) is 16.1. The highest BCUT2D eigenvalue weighted by Crippen LogP contribution is 2.24. The molecule has 1 heterocycles. The van der Waals surface area contributed by atoms with Crippen molar-refractivity contribution in [3.63, 3.8) is 0 Å². The van der Waals surface area contributed by atoms with E-state index in [1.807, 2.05) is 11.0 Å². The molecule has 1 aliphatic heterocycles. The fourth-order valence-electron chi connectivity index (χ4n) is 2.40. The number of anilines is 1. The number of nitrogens with zero attached hydrogens (tertiary/aromatic N) is 2. The van der Waals surface area contributed by atoms with Crippen molar-refractivity contribution in [3.8, 4) is 6.07 Å². The van der Waals surface area contributed by atoms with E-state index in [4.69, 9.17) is 10.00 Å². The standard InChI is InChI=1S/C16H20FN3O2/c1-16(2,3)22-15(21)19-12-6-7-20(10-12)14-5-4-11(9-18)8-13(14)17/h4-5,8,12H,6-7,10H2,1-3H3,(H,19,21)/t12-/m0/s1. The fraction of sp³-hybridized carbons (Fsp3) is 0.500. The molecule has 0 bridgehead atoms. The first-order chi connectivity index (χ1) is 10.3. The molecule has 22 heavy (non-hydrogen) atoms. The van der Waals surface area contributed by atoms with Crippen LogP contribution in [0.25, 0.3) is 0 Å². The Labute approximate surface area is 129 Å². The third kappa shape index (κ3) is 4.10. The van der Waals surface area contributed by atoms with Gasteiger partial charge in [0.1, 0.15) is 11.4 Å². The van der Waals surface area contributed by atoms with E-state index >= 15 is 0 Å². The second-order valence-electron chi connectivity index (χ2n) is 6.36. The van der Waals surface area contributed by atoms with Gasteiger partial charge in [-0.05, 0) is 45.4 Å². The van der Waals surface area contributed by atoms with Crippen LogP contribution in [0.5, 0.6) is 0 Å². The summed E-state index contributed by atoms with van der Waals surface area (Å²) in [6.07, 6.45) is 0.262. The summed E-state index contributed by atoms with van der Waals surface area (Å²) in [6.45, 7) is 6.57. The Morgan fingerprint density at radius 1 is 1.50 bits per heavy atom. The molecular formula is C16H20FN3O2. The average molecular weight is 305 g/mol. The Morgan fingerprint density at radius 3 is 2.82 bits per heavy atom. The van der Waals surface area contributed by atoms with E-state index in [0.717, 1.165) is 6.42 Å². The fourth-order valence-corrected chi connectivity index (χ4v) is 2.40. The van der Waals surface area contributed by atoms with E-state index in [9.17, 15) is 9.18 Å². The number of alkyl carbamates (subject to hydrolysis) is 1. The van der Waals surface area contributed by atoms with Crippen molar-refractivity contribution in [2.24, 2.45) is 0 Å². The maximum atomic E-state index is 14.0. The van der Waals surface area contributed by atoms with Crippen LogP contribution >= 0.6 is 0 Å². The molecule has 0 unspecified atom stereocenters. The number of carbonyl (C=O) groups is 1. The quantitative estimate of drug-likeness (QED) is 0.912. The van der Waals surface area contributed by atoms with Crippen LogP contribution in [0, 0.1) is 17.1 Å². The second kappa shape index (κ2) is 6.22. The lowest BCUT2D eigenvalue weighted by molar-refractivity contribution is 0.0509. The summed E-state index contributed by atoms with van der Waals surface area (Å²) >= 11 is 0. The molecular weight excluding hydrogens is 285 g/mol. The van der Waals surface area contributed by atoms with Crippen LogP contribution in [0.1, 0.15) is 32.8 Å². The number of hydrogen-bond acceptors (Lipinski definition) is 4. The third-order valence-corrected chi connectivity index (χ3v) is 3.33. The molecule has 1 fully saturated rings. The van der Waals surface area contributed by atoms with Crippen LogP contribution in [-0.4, -0.2) is 30.8 Å². The number of ether oxygens (including phenoxy) is 1. The van der Waals surface area contributed by atoms with E-state index in [1.54, 1.807) is 32.9 Å². The molecule has 1 amide bonds. The van der Waals surface area contributed by atoms with Gasteiger partial charge in [0, 0.05) is 13.1 Å². The molecule has 1 atom stereocenters. The van der Waals surface area contributed by atoms with Crippen LogP contribution in [-0.2, 0) is 4.74 Å². The minimum absolute atomic E-state index is 0.0788. The summed E-state index contributed by atoms with van der Waals surface area (Å²) in [5, 5.41) is 11.6. The number of halogens is 1. The number of amides is 1. The minimum Gasteiger partial charge on any atom is -0.444 e. The van der Waals surface area contributed by atoms with Gasteiger partial charge in [-0.25, -0.2) is 9.18 Å². The van der Waals surface area contributed by atoms with E-state index in [2.05, 4.69) is 5.32 Å². The predicted octanol–water partition coefficient (Wildman–Crippen LogP) is 2.80. The Kier molecular flexibility index (Phi) is 4.55. The molecule has 0 aliphatic carbocycles. The summed E-state index contributed by atoms with van der Waals surface area (Å²) in [5.41, 5.74) is 0.207. The average Bonchev–Trinajstić information content (AvgIpc) is 2.84. The summed E-state index contributed by atoms with van der Waals surface area (Å²) in [5.74, 6) is -0.419. The summed E-state index contributed by atoms with van der Waals surface area (Å²) < 4.78 is 19.2. The normalized spacial score (nSPS) is 18.0. The Morgan fingerprint density at radius 2 is 2.23 bits per heavy atom. The van der Waals surface area contributed by atoms with E-state index < -0.39 is 17.5 Å². The maximum Gasteiger partial charge on any atom is 0.407 e. The van der Waals surface area contributed by atoms with Crippen molar-refractivity contribution < 1.29 is 13.9 Å². The van der Waals surface area contributed by atoms with Gasteiger partial charge in [-0.2, -0.15) is 5.26 Å². The lowest BCUT2D eigenvalue weighted by Crippen LogP contribution is -2.40. The zero-order chi connectivity index (χ0) is 16.3. The molecule has 0 spiro atoms. The number of hydrogen-bond donors (Lipinski definition) is 1. The monoisotopic (exact) mass is 305 g/mol. The van der Waals surface area contributed by atoms with Crippen molar-refractivity contribution in [2.45, 2.75) is 38.8 Å². The van der Waals surface area contributed by atoms with E-state index in [0.29, 0.717) is 24.3 Å². The molecule has 0 saturated carbocycles. The zero-order valence-electron chi connectivity index (χ0n) is 13.0. The van der Waals surface area contributed by atoms with Gasteiger partial charge in [0.05, 0.1) is 23.4 Å². The van der Waals surface area contributed by atoms with Crippen molar-refractivity contribution in [1.29, 1.82) is 5.26 Å². The van der Waals surface area contributed by atoms with E-state index in [-0.39, 0.29) is 6.04 Å². The highest BCUT2D eigenvalue weighted by molar-refractivity contribution is 5.68. The third-order valence-electron chi connectivity index (χ3n) is 3.33. The van der Waals surface area contributed by atoms with Crippen molar-refractivity contribution in [1.82, 2.24) is 5.32 Å². The summed E-state index contributed by atoms with van der Waals surface area (Å²) in [6, 6.07) is 6.25. The largest absolute Gasteiger partial charge is 0.444 e. The van der Waals surface area contributed by atoms with Crippen molar-refractivity contribution >= 4 is 11.8 Å². The molecule has 2 rings (SSSR count). The van der Waals surface area contributed by atoms with Gasteiger partial charge in [0.15, 0.2) is 0 Å². The number of carbonyl (C=O) groups excluding carboxylic acids is 1. The van der Waals surface area contributed by atoms with Crippen LogP contribution in [0.4, 0.5) is 14.9 Å². The van der Waals surface area contributed by atoms with Gasteiger partial charge in [0.2, 0.25) is 0 Å². The predicted molar refractivity (Wildman–Crippen MR) is 81.1 cm³/mol. The van der Waals surface area contributed by atoms with Crippen molar-refractivity contribution in [2.75, 3.05) is 18.0 Å². The second-order valence-corrected chi connectivity index (χ2v) is 6.36. The minimum atomic E-state index is -0.540. The van der Waals surface area contributed by atoms with Gasteiger partial charge < -0.3 is 15.0 Å². The molecule has 1 saturated heterocycles. The maximum absolute atomic E-state index is 14.0. The van der Waals surface area contributed by atoms with E-state index in [1.165, 1.54) is 6.07 Å². The molecule has 1 N–H and O–H groups in total. The first-order valence-electron chi connectivity index (χ1n) is 7.22. The Hall–Kier alpha value is -2.29. The first-order valence-corrected chi connectivity index (χ1v) is 7.22. The smallest absolute Gasteiger partial charge is 0.407 e. The Balaban J connectivity index is 1.96. The van der Waals surface area contributed by atoms with Gasteiger partial charge in [-0.1, -0.05) is 0 Å². The molecule has 6 heteroatoms. The van der Waals surface area contributed by atoms with Crippen LogP contribution in [0.2, 0.25) is 0 Å². The molecule has 1 aromatic carbocycles. The SMILES string of the molecule is CC(C)(C)OC(=O)N[C@H]1CCN(c2ccc(C#N)cc2F)C1. The molecule has 0 aromatic heterocycles. The number of benzene rings is 1. The highest BCUT2D eigenvalue weighted by Gasteiger charge is 2.27. The number of nitrogens with one attached hydrogen (secondary N) is 1. The topological polar surface area (TPSA) is 65.4 Å².